The Morgan fingerprint density at radius 2 is 1.65 bits per heavy atom. The van der Waals surface area contributed by atoms with Crippen molar-refractivity contribution in [2.75, 3.05) is 4.72 Å². The van der Waals surface area contributed by atoms with E-state index in [0.29, 0.717) is 24.0 Å². The van der Waals surface area contributed by atoms with Gasteiger partial charge in [0.05, 0.1) is 29.0 Å². The summed E-state index contributed by atoms with van der Waals surface area (Å²) < 4.78 is 55.1. The van der Waals surface area contributed by atoms with Crippen molar-refractivity contribution < 1.29 is 26.8 Å². The fourth-order valence-electron chi connectivity index (χ4n) is 4.38. The summed E-state index contributed by atoms with van der Waals surface area (Å²) in [5.74, 6) is -2.67. The van der Waals surface area contributed by atoms with E-state index in [2.05, 4.69) is 4.72 Å². The Labute approximate surface area is 179 Å². The first-order chi connectivity index (χ1) is 14.7. The Balaban J connectivity index is 1.60. The number of nitrogens with zero attached hydrogens (tertiary/aromatic N) is 1. The van der Waals surface area contributed by atoms with Crippen LogP contribution in [0.2, 0.25) is 0 Å². The first-order valence-corrected chi connectivity index (χ1v) is 11.6. The smallest absolute Gasteiger partial charge is 0.262 e. The number of halogens is 2. The summed E-state index contributed by atoms with van der Waals surface area (Å²) in [7, 11) is -4.23. The normalized spacial score (nSPS) is 21.3. The summed E-state index contributed by atoms with van der Waals surface area (Å²) in [6, 6.07) is 7.05. The molecule has 0 bridgehead atoms. The van der Waals surface area contributed by atoms with Crippen molar-refractivity contribution in [3.63, 3.8) is 0 Å². The van der Waals surface area contributed by atoms with Crippen LogP contribution in [0.1, 0.15) is 36.8 Å². The van der Waals surface area contributed by atoms with Crippen molar-refractivity contribution in [3.05, 3.63) is 59.2 Å². The highest BCUT2D eigenvalue weighted by atomic mass is 32.2. The van der Waals surface area contributed by atoms with E-state index in [-0.39, 0.29) is 35.1 Å². The van der Waals surface area contributed by atoms with Crippen LogP contribution in [0.15, 0.2) is 41.3 Å². The number of likely N-dealkylation sites (tertiary alicyclic amines) is 1. The number of fused-ring (bicyclic) bond motifs is 1. The molecular weight excluding hydrogens is 426 g/mol. The van der Waals surface area contributed by atoms with Crippen molar-refractivity contribution in [1.29, 1.82) is 0 Å². The van der Waals surface area contributed by atoms with Crippen LogP contribution in [0.4, 0.5) is 14.5 Å². The van der Waals surface area contributed by atoms with Crippen LogP contribution in [0, 0.1) is 30.4 Å². The minimum atomic E-state index is -4.23. The average Bonchev–Trinajstić information content (AvgIpc) is 2.97. The SMILES string of the molecule is Cc1ccc(CN2C(=O)[C@H]3CCCC[C@@H]3C2=O)cc1S(=O)(=O)Nc1cc(F)ccc1F. The standard InChI is InChI=1S/C22H22F2N2O4S/c1-13-6-7-14(12-26-21(27)16-4-2-3-5-17(16)22(26)28)10-20(13)31(29,30)25-19-11-15(23)8-9-18(19)24/h6-11,16-17,25H,2-5,12H2,1H3/t16-,17-/m0/s1. The molecule has 4 rings (SSSR count). The first kappa shape index (κ1) is 21.4. The second kappa shape index (κ2) is 8.03. The number of hydrogen-bond acceptors (Lipinski definition) is 4. The van der Waals surface area contributed by atoms with E-state index in [1.807, 2.05) is 0 Å². The number of aryl methyl sites for hydroxylation is 1. The summed E-state index contributed by atoms with van der Waals surface area (Å²) in [4.78, 5) is 26.5. The van der Waals surface area contributed by atoms with Gasteiger partial charge in [0.25, 0.3) is 10.0 Å². The molecule has 9 heteroatoms. The second-order valence-corrected chi connectivity index (χ2v) is 9.74. The number of carbonyl (C=O) groups excluding carboxylic acids is 2. The molecule has 31 heavy (non-hydrogen) atoms. The second-order valence-electron chi connectivity index (χ2n) is 8.09. The average molecular weight is 448 g/mol. The number of imide groups is 1. The number of amides is 2. The minimum absolute atomic E-state index is 0.0260. The summed E-state index contributed by atoms with van der Waals surface area (Å²) in [6.07, 6.45) is 3.23. The summed E-state index contributed by atoms with van der Waals surface area (Å²) in [5, 5.41) is 0. The lowest BCUT2D eigenvalue weighted by Crippen LogP contribution is -2.30. The molecule has 0 unspecified atom stereocenters. The van der Waals surface area contributed by atoms with Gasteiger partial charge in [0.2, 0.25) is 11.8 Å². The lowest BCUT2D eigenvalue weighted by Gasteiger charge is -2.19. The molecule has 164 valence electrons. The number of carbonyl (C=O) groups is 2. The number of hydrogen-bond donors (Lipinski definition) is 1. The van der Waals surface area contributed by atoms with Crippen LogP contribution < -0.4 is 4.72 Å². The Morgan fingerprint density at radius 1 is 1.00 bits per heavy atom. The molecule has 1 saturated carbocycles. The van der Waals surface area contributed by atoms with Crippen LogP contribution in [0.3, 0.4) is 0 Å². The van der Waals surface area contributed by atoms with Gasteiger partial charge < -0.3 is 0 Å². The van der Waals surface area contributed by atoms with E-state index in [4.69, 9.17) is 0 Å². The van der Waals surface area contributed by atoms with Gasteiger partial charge in [-0.3, -0.25) is 19.2 Å². The van der Waals surface area contributed by atoms with E-state index in [1.165, 1.54) is 11.0 Å². The zero-order chi connectivity index (χ0) is 22.3. The van der Waals surface area contributed by atoms with Crippen LogP contribution >= 0.6 is 0 Å². The van der Waals surface area contributed by atoms with Crippen LogP contribution in [0.25, 0.3) is 0 Å². The summed E-state index contributed by atoms with van der Waals surface area (Å²) >= 11 is 0. The molecule has 1 N–H and O–H groups in total. The molecule has 2 atom stereocenters. The molecule has 0 aromatic heterocycles. The number of rotatable bonds is 5. The van der Waals surface area contributed by atoms with E-state index < -0.39 is 27.3 Å². The highest BCUT2D eigenvalue weighted by Gasteiger charge is 2.47. The van der Waals surface area contributed by atoms with Gasteiger partial charge in [0, 0.05) is 6.07 Å². The predicted octanol–water partition coefficient (Wildman–Crippen LogP) is 3.75. The highest BCUT2D eigenvalue weighted by molar-refractivity contribution is 7.92. The third-order valence-corrected chi connectivity index (χ3v) is 7.50. The molecule has 2 fully saturated rings. The molecule has 2 amide bonds. The predicted molar refractivity (Wildman–Crippen MR) is 109 cm³/mol. The van der Waals surface area contributed by atoms with Crippen molar-refractivity contribution in [1.82, 2.24) is 4.90 Å². The maximum absolute atomic E-state index is 13.9. The van der Waals surface area contributed by atoms with E-state index in [1.54, 1.807) is 19.1 Å². The van der Waals surface area contributed by atoms with Crippen molar-refractivity contribution in [3.8, 4) is 0 Å². The topological polar surface area (TPSA) is 83.6 Å². The first-order valence-electron chi connectivity index (χ1n) is 10.1. The molecule has 2 aliphatic rings. The highest BCUT2D eigenvalue weighted by Crippen LogP contribution is 2.38. The monoisotopic (exact) mass is 448 g/mol. The van der Waals surface area contributed by atoms with Crippen molar-refractivity contribution in [2.24, 2.45) is 11.8 Å². The molecule has 1 aliphatic carbocycles. The minimum Gasteiger partial charge on any atom is -0.278 e. The Hall–Kier alpha value is -2.81. The summed E-state index contributed by atoms with van der Waals surface area (Å²) in [5.41, 5.74) is 0.352. The van der Waals surface area contributed by atoms with Crippen LogP contribution in [-0.4, -0.2) is 25.1 Å². The zero-order valence-corrected chi connectivity index (χ0v) is 17.7. The third kappa shape index (κ3) is 4.06. The number of nitrogens with one attached hydrogen (secondary N) is 1. The number of sulfonamides is 1. The third-order valence-electron chi connectivity index (χ3n) is 5.99. The van der Waals surface area contributed by atoms with Crippen molar-refractivity contribution >= 4 is 27.5 Å². The molecule has 1 saturated heterocycles. The number of benzene rings is 2. The lowest BCUT2D eigenvalue weighted by atomic mass is 9.81. The van der Waals surface area contributed by atoms with E-state index in [9.17, 15) is 26.8 Å². The molecule has 0 spiro atoms. The van der Waals surface area contributed by atoms with E-state index >= 15 is 0 Å². The van der Waals surface area contributed by atoms with Gasteiger partial charge in [0.15, 0.2) is 0 Å². The quantitative estimate of drug-likeness (QED) is 0.707. The van der Waals surface area contributed by atoms with Gasteiger partial charge in [-0.05, 0) is 49.1 Å². The lowest BCUT2D eigenvalue weighted by molar-refractivity contribution is -0.140. The maximum Gasteiger partial charge on any atom is 0.262 e. The largest absolute Gasteiger partial charge is 0.278 e. The van der Waals surface area contributed by atoms with Crippen LogP contribution in [0.5, 0.6) is 0 Å². The van der Waals surface area contributed by atoms with Gasteiger partial charge in [-0.25, -0.2) is 17.2 Å². The van der Waals surface area contributed by atoms with Crippen LogP contribution in [-0.2, 0) is 26.2 Å². The van der Waals surface area contributed by atoms with Gasteiger partial charge in [-0.1, -0.05) is 25.0 Å². The Morgan fingerprint density at radius 3 is 2.29 bits per heavy atom. The molecule has 1 heterocycles. The van der Waals surface area contributed by atoms with Gasteiger partial charge in [0.1, 0.15) is 11.6 Å². The maximum atomic E-state index is 13.9. The molecule has 6 nitrogen and oxygen atoms in total. The molecule has 0 radical (unpaired) electrons. The molecular formula is C22H22F2N2O4S. The molecule has 2 aromatic rings. The van der Waals surface area contributed by atoms with Crippen molar-refractivity contribution in [2.45, 2.75) is 44.0 Å². The molecule has 1 aliphatic heterocycles. The van der Waals surface area contributed by atoms with Gasteiger partial charge in [-0.2, -0.15) is 0 Å². The number of anilines is 1. The Bertz CT molecular complexity index is 1140. The van der Waals surface area contributed by atoms with E-state index in [0.717, 1.165) is 31.0 Å². The fraction of sp³-hybridized carbons (Fsp3) is 0.364. The van der Waals surface area contributed by atoms with Gasteiger partial charge in [-0.15, -0.1) is 0 Å². The fourth-order valence-corrected chi connectivity index (χ4v) is 5.73. The molecule has 2 aromatic carbocycles. The van der Waals surface area contributed by atoms with Gasteiger partial charge >= 0.3 is 0 Å². The summed E-state index contributed by atoms with van der Waals surface area (Å²) in [6.45, 7) is 1.54. The zero-order valence-electron chi connectivity index (χ0n) is 16.9. The Kier molecular flexibility index (Phi) is 5.55.